The number of alkyl halides is 3. The summed E-state index contributed by atoms with van der Waals surface area (Å²) in [4.78, 5) is 47.2. The van der Waals surface area contributed by atoms with Gasteiger partial charge in [0.15, 0.2) is 0 Å². The first-order valence-electron chi connectivity index (χ1n) is 8.11. The zero-order chi connectivity index (χ0) is 20.9. The molecule has 0 radical (unpaired) electrons. The first-order chi connectivity index (χ1) is 13.2. The molecule has 0 aliphatic carbocycles. The van der Waals surface area contributed by atoms with Gasteiger partial charge in [0, 0.05) is 12.6 Å². The normalized spacial score (nSPS) is 21.5. The average molecular weight is 403 g/mol. The van der Waals surface area contributed by atoms with Crippen LogP contribution in [0.15, 0.2) is 15.8 Å². The molecule has 1 aromatic heterocycles. The van der Waals surface area contributed by atoms with Crippen molar-refractivity contribution >= 4 is 12.4 Å². The first-order valence-corrected chi connectivity index (χ1v) is 8.11. The fourth-order valence-electron chi connectivity index (χ4n) is 2.60. The van der Waals surface area contributed by atoms with E-state index in [2.05, 4.69) is 11.8 Å². The van der Waals surface area contributed by atoms with Crippen molar-refractivity contribution in [2.75, 3.05) is 6.54 Å². The van der Waals surface area contributed by atoms with Crippen molar-refractivity contribution in [3.8, 4) is 11.8 Å². The Hall–Kier alpha value is -3.07. The third-order valence-corrected chi connectivity index (χ3v) is 3.91. The molecule has 2 N–H and O–H groups in total. The van der Waals surface area contributed by atoms with Gasteiger partial charge in [0.25, 0.3) is 12.0 Å². The molecule has 0 saturated carbocycles. The quantitative estimate of drug-likeness (QED) is 0.519. The number of nitrogens with one attached hydrogen (secondary N) is 2. The minimum absolute atomic E-state index is 0.164. The Morgan fingerprint density at radius 1 is 1.50 bits per heavy atom. The molecule has 0 spiro atoms. The molecule has 1 saturated heterocycles. The molecule has 0 aromatic carbocycles. The van der Waals surface area contributed by atoms with Gasteiger partial charge < -0.3 is 14.8 Å². The summed E-state index contributed by atoms with van der Waals surface area (Å²) in [6.07, 6.45) is -5.11. The zero-order valence-electron chi connectivity index (χ0n) is 14.5. The lowest BCUT2D eigenvalue weighted by Crippen LogP contribution is -2.37. The van der Waals surface area contributed by atoms with Gasteiger partial charge in [-0.2, -0.15) is 13.2 Å². The van der Waals surface area contributed by atoms with Crippen LogP contribution in [-0.4, -0.2) is 46.9 Å². The number of amides is 1. The van der Waals surface area contributed by atoms with E-state index in [1.54, 1.807) is 6.92 Å². The Balaban J connectivity index is 2.19. The lowest BCUT2D eigenvalue weighted by Gasteiger charge is -2.15. The van der Waals surface area contributed by atoms with Crippen LogP contribution in [0.4, 0.5) is 13.2 Å². The van der Waals surface area contributed by atoms with Crippen molar-refractivity contribution in [2.24, 2.45) is 0 Å². The van der Waals surface area contributed by atoms with Gasteiger partial charge in [-0.1, -0.05) is 18.8 Å². The molecule has 2 rings (SSSR count). The SMILES string of the molecule is CC[C@H]1O[C@@H](n2cc(C#CCNC(=O)C(F)(F)F)c(=O)[nH]c2=O)C[C@@H]1OC=O. The molecular formula is C16H16F3N3O6. The highest BCUT2D eigenvalue weighted by molar-refractivity contribution is 5.81. The number of carbonyl (C=O) groups is 2. The van der Waals surface area contributed by atoms with Crippen LogP contribution in [-0.2, 0) is 19.1 Å². The molecule has 0 unspecified atom stereocenters. The molecular weight excluding hydrogens is 387 g/mol. The Morgan fingerprint density at radius 2 is 2.21 bits per heavy atom. The second-order valence-electron chi connectivity index (χ2n) is 5.74. The number of hydrogen-bond donors (Lipinski definition) is 2. The molecule has 2 heterocycles. The van der Waals surface area contributed by atoms with Gasteiger partial charge in [-0.3, -0.25) is 23.9 Å². The Kier molecular flexibility index (Phi) is 6.63. The molecule has 1 fully saturated rings. The van der Waals surface area contributed by atoms with E-state index in [-0.39, 0.29) is 18.5 Å². The highest BCUT2D eigenvalue weighted by Crippen LogP contribution is 2.31. The monoisotopic (exact) mass is 403 g/mol. The van der Waals surface area contributed by atoms with Crippen molar-refractivity contribution in [3.63, 3.8) is 0 Å². The summed E-state index contributed by atoms with van der Waals surface area (Å²) in [6, 6.07) is 0. The Labute approximate surface area is 155 Å². The van der Waals surface area contributed by atoms with Gasteiger partial charge in [-0.05, 0) is 6.42 Å². The molecule has 152 valence electrons. The maximum absolute atomic E-state index is 12.1. The molecule has 3 atom stereocenters. The van der Waals surface area contributed by atoms with Crippen LogP contribution in [0.3, 0.4) is 0 Å². The van der Waals surface area contributed by atoms with Gasteiger partial charge in [-0.15, -0.1) is 0 Å². The van der Waals surface area contributed by atoms with Crippen molar-refractivity contribution in [1.29, 1.82) is 0 Å². The first kappa shape index (κ1) is 21.2. The molecule has 1 aromatic rings. The van der Waals surface area contributed by atoms with E-state index in [1.165, 1.54) is 5.32 Å². The predicted octanol–water partition coefficient (Wildman–Crippen LogP) is -0.194. The second kappa shape index (κ2) is 8.75. The fraction of sp³-hybridized carbons (Fsp3) is 0.500. The minimum Gasteiger partial charge on any atom is -0.462 e. The van der Waals surface area contributed by atoms with Crippen molar-refractivity contribution in [3.05, 3.63) is 32.6 Å². The molecule has 0 bridgehead atoms. The van der Waals surface area contributed by atoms with E-state index < -0.39 is 48.3 Å². The van der Waals surface area contributed by atoms with Crippen LogP contribution in [0.25, 0.3) is 0 Å². The molecule has 12 heteroatoms. The van der Waals surface area contributed by atoms with E-state index >= 15 is 0 Å². The van der Waals surface area contributed by atoms with Crippen LogP contribution in [0, 0.1) is 11.8 Å². The number of ether oxygens (including phenoxy) is 2. The van der Waals surface area contributed by atoms with Crippen molar-refractivity contribution in [1.82, 2.24) is 14.9 Å². The number of carbonyl (C=O) groups excluding carboxylic acids is 2. The van der Waals surface area contributed by atoms with E-state index in [1.807, 2.05) is 4.98 Å². The van der Waals surface area contributed by atoms with Crippen LogP contribution in [0.2, 0.25) is 0 Å². The lowest BCUT2D eigenvalue weighted by molar-refractivity contribution is -0.173. The van der Waals surface area contributed by atoms with Crippen molar-refractivity contribution in [2.45, 2.75) is 44.4 Å². The van der Waals surface area contributed by atoms with Gasteiger partial charge >= 0.3 is 17.8 Å². The summed E-state index contributed by atoms with van der Waals surface area (Å²) in [5, 5.41) is 1.53. The number of nitrogens with zero attached hydrogens (tertiary/aromatic N) is 1. The van der Waals surface area contributed by atoms with E-state index in [0.717, 1.165) is 10.8 Å². The fourth-order valence-corrected chi connectivity index (χ4v) is 2.60. The highest BCUT2D eigenvalue weighted by atomic mass is 19.4. The van der Waals surface area contributed by atoms with Crippen molar-refractivity contribution < 1.29 is 32.2 Å². The smallest absolute Gasteiger partial charge is 0.462 e. The van der Waals surface area contributed by atoms with Gasteiger partial charge in [0.2, 0.25) is 0 Å². The largest absolute Gasteiger partial charge is 0.471 e. The van der Waals surface area contributed by atoms with E-state index in [0.29, 0.717) is 6.42 Å². The predicted molar refractivity (Wildman–Crippen MR) is 87.0 cm³/mol. The zero-order valence-corrected chi connectivity index (χ0v) is 14.5. The molecule has 1 aliphatic heterocycles. The highest BCUT2D eigenvalue weighted by Gasteiger charge is 2.38. The Morgan fingerprint density at radius 3 is 2.82 bits per heavy atom. The number of H-pyrrole nitrogens is 1. The number of hydrogen-bond acceptors (Lipinski definition) is 6. The van der Waals surface area contributed by atoms with Gasteiger partial charge in [0.05, 0.1) is 12.6 Å². The van der Waals surface area contributed by atoms with Crippen LogP contribution >= 0.6 is 0 Å². The summed E-state index contributed by atoms with van der Waals surface area (Å²) in [5.41, 5.74) is -1.84. The molecule has 1 aliphatic rings. The summed E-state index contributed by atoms with van der Waals surface area (Å²) >= 11 is 0. The molecule has 28 heavy (non-hydrogen) atoms. The standard InChI is InChI=1S/C16H16F3N3O6/c1-2-10-11(27-8-23)6-12(28-10)22-7-9(13(24)21-15(22)26)4-3-5-20-14(25)16(17,18)19/h7-8,10-12H,2,5-6H2,1H3,(H,20,25)(H,21,24,26)/t10-,11+,12-/m1/s1. The number of rotatable bonds is 5. The third kappa shape index (κ3) is 5.01. The second-order valence-corrected chi connectivity index (χ2v) is 5.74. The van der Waals surface area contributed by atoms with Crippen LogP contribution < -0.4 is 16.6 Å². The summed E-state index contributed by atoms with van der Waals surface area (Å²) in [7, 11) is 0. The van der Waals surface area contributed by atoms with Gasteiger partial charge in [-0.25, -0.2) is 4.79 Å². The summed E-state index contributed by atoms with van der Waals surface area (Å²) < 4.78 is 47.9. The average Bonchev–Trinajstić information content (AvgIpc) is 3.02. The number of halogens is 3. The Bertz CT molecular complexity index is 911. The number of aromatic nitrogens is 2. The third-order valence-electron chi connectivity index (χ3n) is 3.91. The summed E-state index contributed by atoms with van der Waals surface area (Å²) in [5.74, 6) is 2.34. The summed E-state index contributed by atoms with van der Waals surface area (Å²) in [6.45, 7) is 1.43. The van der Waals surface area contributed by atoms with Crippen LogP contribution in [0.1, 0.15) is 31.6 Å². The lowest BCUT2D eigenvalue weighted by atomic mass is 10.1. The topological polar surface area (TPSA) is 119 Å². The maximum atomic E-state index is 12.1. The van der Waals surface area contributed by atoms with E-state index in [9.17, 15) is 32.3 Å². The molecule has 9 nitrogen and oxygen atoms in total. The number of aromatic amines is 1. The minimum atomic E-state index is -5.04. The van der Waals surface area contributed by atoms with E-state index in [4.69, 9.17) is 9.47 Å². The maximum Gasteiger partial charge on any atom is 0.471 e. The van der Waals surface area contributed by atoms with Gasteiger partial charge in [0.1, 0.15) is 17.9 Å². The molecule has 1 amide bonds. The van der Waals surface area contributed by atoms with Crippen LogP contribution in [0.5, 0.6) is 0 Å².